The maximum atomic E-state index is 6.64. The molecule has 0 amide bonds. The fourth-order valence-electron chi connectivity index (χ4n) is 8.78. The molecule has 328 valence electrons. The molecule has 1 unspecified atom stereocenters. The zero-order valence-electron chi connectivity index (χ0n) is 38.7. The number of allylic oxidation sites excluding steroid dienone is 12. The Bertz CT molecular complexity index is 2960. The molecule has 8 rings (SSSR count). The van der Waals surface area contributed by atoms with Crippen LogP contribution in [0.1, 0.15) is 56.2 Å². The third kappa shape index (κ3) is 9.94. The van der Waals surface area contributed by atoms with Crippen LogP contribution >= 0.6 is 0 Å². The number of nitrogens with zero attached hydrogens (tertiary/aromatic N) is 2. The second-order valence-electron chi connectivity index (χ2n) is 16.8. The Kier molecular flexibility index (Phi) is 14.1. The fourth-order valence-corrected chi connectivity index (χ4v) is 8.78. The Morgan fingerprint density at radius 1 is 0.682 bits per heavy atom. The van der Waals surface area contributed by atoms with E-state index in [4.69, 9.17) is 4.74 Å². The SMILES string of the molecule is C=C/C1=C(\C=C/C)C/C=C\C=C/C(=C)N1c1ccc(C)c(-c2cc(Nc3ccccc3-c3cccc(Oc4ccc5c(c4)C/C=C\C=C/C(=C)N5c4ccccc4)c3)ccc2C(C)CC)c1. The average Bonchev–Trinajstić information content (AvgIpc) is 3.46. The molecule has 1 N–H and O–H groups in total. The number of anilines is 5. The first-order valence-electron chi connectivity index (χ1n) is 23.0. The summed E-state index contributed by atoms with van der Waals surface area (Å²) in [6.45, 7) is 22.0. The number of benzene rings is 6. The van der Waals surface area contributed by atoms with Crippen molar-refractivity contribution in [2.24, 2.45) is 0 Å². The second-order valence-corrected chi connectivity index (χ2v) is 16.8. The maximum absolute atomic E-state index is 6.64. The predicted octanol–water partition coefficient (Wildman–Crippen LogP) is 17.6. The van der Waals surface area contributed by atoms with E-state index >= 15 is 0 Å². The summed E-state index contributed by atoms with van der Waals surface area (Å²) in [4.78, 5) is 4.43. The van der Waals surface area contributed by atoms with Gasteiger partial charge in [0.25, 0.3) is 0 Å². The van der Waals surface area contributed by atoms with Crippen LogP contribution in [0.4, 0.5) is 28.4 Å². The minimum Gasteiger partial charge on any atom is -0.457 e. The molecule has 2 aliphatic rings. The molecule has 2 aliphatic heterocycles. The van der Waals surface area contributed by atoms with E-state index < -0.39 is 0 Å². The number of nitrogens with one attached hydrogen (secondary N) is 1. The van der Waals surface area contributed by atoms with Gasteiger partial charge in [0, 0.05) is 51.1 Å². The van der Waals surface area contributed by atoms with Crippen molar-refractivity contribution in [2.45, 2.75) is 52.9 Å². The van der Waals surface area contributed by atoms with Gasteiger partial charge in [0.05, 0.1) is 0 Å². The van der Waals surface area contributed by atoms with Gasteiger partial charge >= 0.3 is 0 Å². The second kappa shape index (κ2) is 20.8. The zero-order chi connectivity index (χ0) is 46.0. The monoisotopic (exact) mass is 861 g/mol. The number of ether oxygens (including phenoxy) is 1. The summed E-state index contributed by atoms with van der Waals surface area (Å²) in [5.41, 5.74) is 17.4. The van der Waals surface area contributed by atoms with Crippen LogP contribution in [0.15, 0.2) is 243 Å². The quantitative estimate of drug-likeness (QED) is 0.133. The lowest BCUT2D eigenvalue weighted by atomic mass is 9.87. The van der Waals surface area contributed by atoms with E-state index in [-0.39, 0.29) is 0 Å². The topological polar surface area (TPSA) is 27.7 Å². The highest BCUT2D eigenvalue weighted by Crippen LogP contribution is 2.42. The summed E-state index contributed by atoms with van der Waals surface area (Å²) < 4.78 is 6.64. The molecule has 66 heavy (non-hydrogen) atoms. The highest BCUT2D eigenvalue weighted by atomic mass is 16.5. The molecule has 0 fully saturated rings. The summed E-state index contributed by atoms with van der Waals surface area (Å²) >= 11 is 0. The standard InChI is InChI=1S/C62H59N3O/c1-8-23-48-26-16-11-14-25-47(7)65(61(48)10-3)53-36-34-45(5)58(43-53)59-42-51(35-38-56(59)44(4)9-2)63-60-33-21-20-32-57(60)49-28-22-31-54(40-49)66-55-37-39-62-50(41-55)27-17-12-15-24-46(6)64(62)52-29-18-13-19-30-52/h8,10-25,28-44,63H,3,6-7,9,26-27H2,1-2,4-5H3/b16-11-,17-12-,23-8-,24-15-,25-14-,61-48-. The largest absolute Gasteiger partial charge is 0.457 e. The van der Waals surface area contributed by atoms with Gasteiger partial charge in [-0.05, 0) is 169 Å². The van der Waals surface area contributed by atoms with Crippen LogP contribution in [-0.4, -0.2) is 0 Å². The Balaban J connectivity index is 1.12. The van der Waals surface area contributed by atoms with Crippen molar-refractivity contribution in [3.63, 3.8) is 0 Å². The molecule has 0 bridgehead atoms. The molecule has 0 spiro atoms. The number of hydrogen-bond acceptors (Lipinski definition) is 4. The lowest BCUT2D eigenvalue weighted by Crippen LogP contribution is -2.20. The normalized spacial score (nSPS) is 17.6. The molecule has 0 radical (unpaired) electrons. The van der Waals surface area contributed by atoms with Gasteiger partial charge in [0.15, 0.2) is 0 Å². The first-order chi connectivity index (χ1) is 32.3. The van der Waals surface area contributed by atoms with E-state index in [0.717, 1.165) is 93.0 Å². The first-order valence-corrected chi connectivity index (χ1v) is 23.0. The minimum absolute atomic E-state index is 0.357. The van der Waals surface area contributed by atoms with Gasteiger partial charge in [-0.25, -0.2) is 0 Å². The van der Waals surface area contributed by atoms with E-state index in [9.17, 15) is 0 Å². The van der Waals surface area contributed by atoms with Gasteiger partial charge in [0.1, 0.15) is 11.5 Å². The number of para-hydroxylation sites is 2. The maximum Gasteiger partial charge on any atom is 0.128 e. The number of aryl methyl sites for hydroxylation is 1. The molecule has 0 saturated heterocycles. The molecular weight excluding hydrogens is 803 g/mol. The number of hydrogen-bond donors (Lipinski definition) is 1. The van der Waals surface area contributed by atoms with Crippen molar-refractivity contribution in [1.82, 2.24) is 0 Å². The van der Waals surface area contributed by atoms with Crippen LogP contribution in [0.25, 0.3) is 22.3 Å². The summed E-state index contributed by atoms with van der Waals surface area (Å²) in [5, 5.41) is 3.84. The Hall–Kier alpha value is -7.82. The molecule has 6 aromatic carbocycles. The van der Waals surface area contributed by atoms with Crippen molar-refractivity contribution in [2.75, 3.05) is 15.1 Å². The van der Waals surface area contributed by atoms with Crippen molar-refractivity contribution >= 4 is 28.4 Å². The van der Waals surface area contributed by atoms with E-state index in [1.807, 2.05) is 36.4 Å². The molecule has 4 nitrogen and oxygen atoms in total. The van der Waals surface area contributed by atoms with Crippen LogP contribution in [0.5, 0.6) is 11.5 Å². The van der Waals surface area contributed by atoms with Crippen molar-refractivity contribution < 1.29 is 4.74 Å². The molecule has 4 heteroatoms. The molecule has 0 aliphatic carbocycles. The van der Waals surface area contributed by atoms with Gasteiger partial charge in [-0.2, -0.15) is 0 Å². The fraction of sp³-hybridized carbons (Fsp3) is 0.129. The lowest BCUT2D eigenvalue weighted by molar-refractivity contribution is 0.482. The average molecular weight is 862 g/mol. The summed E-state index contributed by atoms with van der Waals surface area (Å²) in [7, 11) is 0. The Labute approximate surface area is 392 Å². The Morgan fingerprint density at radius 3 is 2.20 bits per heavy atom. The number of fused-ring (bicyclic) bond motifs is 1. The summed E-state index contributed by atoms with van der Waals surface area (Å²) in [6.07, 6.45) is 25.5. The van der Waals surface area contributed by atoms with E-state index in [0.29, 0.717) is 5.92 Å². The predicted molar refractivity (Wildman–Crippen MR) is 283 cm³/mol. The van der Waals surface area contributed by atoms with Crippen LogP contribution in [-0.2, 0) is 6.42 Å². The molecule has 2 heterocycles. The van der Waals surface area contributed by atoms with Crippen molar-refractivity contribution in [1.29, 1.82) is 0 Å². The molecular formula is C62H59N3O. The minimum atomic E-state index is 0.357. The van der Waals surface area contributed by atoms with Crippen LogP contribution in [0, 0.1) is 6.92 Å². The van der Waals surface area contributed by atoms with E-state index in [1.54, 1.807) is 0 Å². The lowest BCUT2D eigenvalue weighted by Gasteiger charge is -2.29. The molecule has 6 aromatic rings. The van der Waals surface area contributed by atoms with Gasteiger partial charge in [-0.15, -0.1) is 0 Å². The third-order valence-electron chi connectivity index (χ3n) is 12.3. The highest BCUT2D eigenvalue weighted by molar-refractivity contribution is 5.85. The van der Waals surface area contributed by atoms with Gasteiger partial charge in [-0.3, -0.25) is 0 Å². The van der Waals surface area contributed by atoms with Gasteiger partial charge in [-0.1, -0.05) is 143 Å². The molecule has 0 saturated carbocycles. The van der Waals surface area contributed by atoms with Gasteiger partial charge in [0.2, 0.25) is 0 Å². The van der Waals surface area contributed by atoms with Crippen molar-refractivity contribution in [3.8, 4) is 33.8 Å². The molecule has 1 atom stereocenters. The van der Waals surface area contributed by atoms with Crippen LogP contribution in [0.2, 0.25) is 0 Å². The zero-order valence-corrected chi connectivity index (χ0v) is 38.7. The molecule has 0 aromatic heterocycles. The van der Waals surface area contributed by atoms with E-state index in [2.05, 4.69) is 226 Å². The highest BCUT2D eigenvalue weighted by Gasteiger charge is 2.21. The first kappa shape index (κ1) is 44.8. The Morgan fingerprint density at radius 2 is 1.42 bits per heavy atom. The van der Waals surface area contributed by atoms with E-state index in [1.165, 1.54) is 27.8 Å². The summed E-state index contributed by atoms with van der Waals surface area (Å²) in [5.74, 6) is 1.90. The van der Waals surface area contributed by atoms with Crippen LogP contribution < -0.4 is 19.9 Å². The summed E-state index contributed by atoms with van der Waals surface area (Å²) in [6, 6.07) is 47.1. The van der Waals surface area contributed by atoms with Gasteiger partial charge < -0.3 is 19.9 Å². The third-order valence-corrected chi connectivity index (χ3v) is 12.3. The smallest absolute Gasteiger partial charge is 0.128 e. The number of rotatable bonds is 12. The van der Waals surface area contributed by atoms with Crippen molar-refractivity contribution in [3.05, 3.63) is 259 Å². The van der Waals surface area contributed by atoms with Crippen LogP contribution in [0.3, 0.4) is 0 Å².